The normalized spacial score (nSPS) is 12.6. The van der Waals surface area contributed by atoms with Crippen molar-refractivity contribution in [1.29, 1.82) is 0 Å². The molecule has 0 spiro atoms. The molecule has 0 bridgehead atoms. The average Bonchev–Trinajstić information content (AvgIpc) is 3.27. The smallest absolute Gasteiger partial charge is 0.306 e. The van der Waals surface area contributed by atoms with E-state index in [1.54, 1.807) is 0 Å². The third-order valence-electron chi connectivity index (χ3n) is 10.9. The van der Waals surface area contributed by atoms with Crippen molar-refractivity contribution in [3.63, 3.8) is 0 Å². The fourth-order valence-corrected chi connectivity index (χ4v) is 7.02. The van der Waals surface area contributed by atoms with E-state index in [-0.39, 0.29) is 31.1 Å². The summed E-state index contributed by atoms with van der Waals surface area (Å²) in [5, 5.41) is 0. The Labute approximate surface area is 382 Å². The Morgan fingerprint density at radius 2 is 0.694 bits per heavy atom. The number of hydrogen-bond acceptors (Lipinski definition) is 6. The first-order valence-electron chi connectivity index (χ1n) is 26.0. The molecular formula is C56H96O6. The maximum atomic E-state index is 12.8. The fraction of sp³-hybridized carbons (Fsp3) is 0.732. The number of rotatable bonds is 46. The molecule has 0 heterocycles. The van der Waals surface area contributed by atoms with Crippen molar-refractivity contribution in [2.75, 3.05) is 13.2 Å². The molecule has 0 aliphatic carbocycles. The van der Waals surface area contributed by atoms with Crippen molar-refractivity contribution < 1.29 is 28.6 Å². The lowest BCUT2D eigenvalue weighted by Crippen LogP contribution is -2.30. The topological polar surface area (TPSA) is 78.9 Å². The van der Waals surface area contributed by atoms with E-state index in [0.29, 0.717) is 19.3 Å². The number of hydrogen-bond donors (Lipinski definition) is 0. The van der Waals surface area contributed by atoms with Crippen molar-refractivity contribution in [3.05, 3.63) is 72.9 Å². The van der Waals surface area contributed by atoms with Gasteiger partial charge in [-0.15, -0.1) is 0 Å². The van der Waals surface area contributed by atoms with Gasteiger partial charge in [-0.3, -0.25) is 14.4 Å². The summed E-state index contributed by atoms with van der Waals surface area (Å²) in [7, 11) is 0. The van der Waals surface area contributed by atoms with Crippen LogP contribution in [0.4, 0.5) is 0 Å². The van der Waals surface area contributed by atoms with Gasteiger partial charge in [0.25, 0.3) is 0 Å². The Hall–Kier alpha value is -3.15. The molecule has 356 valence electrons. The van der Waals surface area contributed by atoms with Crippen LogP contribution in [-0.2, 0) is 28.6 Å². The average molecular weight is 865 g/mol. The van der Waals surface area contributed by atoms with Crippen LogP contribution in [0.5, 0.6) is 0 Å². The van der Waals surface area contributed by atoms with E-state index in [0.717, 1.165) is 96.3 Å². The van der Waals surface area contributed by atoms with Gasteiger partial charge in [-0.05, 0) is 96.3 Å². The van der Waals surface area contributed by atoms with Gasteiger partial charge in [-0.1, -0.05) is 203 Å². The zero-order valence-corrected chi connectivity index (χ0v) is 40.6. The second-order valence-corrected chi connectivity index (χ2v) is 17.1. The highest BCUT2D eigenvalue weighted by Crippen LogP contribution is 2.14. The summed E-state index contributed by atoms with van der Waals surface area (Å²) in [5.74, 6) is -0.924. The minimum atomic E-state index is -0.790. The SMILES string of the molecule is CC/C=C\C/C=C\C/C=C\CCCCCCC(=O)OC(COC(=O)CCCCCCC/C=C\CCCC)COC(=O)CCCCCCCCCCCC/C=C\C=C/CCCCC. The summed E-state index contributed by atoms with van der Waals surface area (Å²) in [4.78, 5) is 37.9. The highest BCUT2D eigenvalue weighted by molar-refractivity contribution is 5.71. The fourth-order valence-electron chi connectivity index (χ4n) is 7.02. The minimum absolute atomic E-state index is 0.0891. The zero-order valence-electron chi connectivity index (χ0n) is 40.6. The van der Waals surface area contributed by atoms with Gasteiger partial charge in [0.15, 0.2) is 6.10 Å². The molecule has 0 fully saturated rings. The van der Waals surface area contributed by atoms with Crippen molar-refractivity contribution in [2.45, 2.75) is 252 Å². The summed E-state index contributed by atoms with van der Waals surface area (Å²) < 4.78 is 16.8. The number of carbonyl (C=O) groups is 3. The third-order valence-corrected chi connectivity index (χ3v) is 10.9. The maximum Gasteiger partial charge on any atom is 0.306 e. The molecule has 6 nitrogen and oxygen atoms in total. The first kappa shape index (κ1) is 58.9. The van der Waals surface area contributed by atoms with Gasteiger partial charge < -0.3 is 14.2 Å². The first-order valence-corrected chi connectivity index (χ1v) is 26.0. The molecule has 62 heavy (non-hydrogen) atoms. The van der Waals surface area contributed by atoms with Crippen molar-refractivity contribution in [2.24, 2.45) is 0 Å². The van der Waals surface area contributed by atoms with Crippen LogP contribution in [0.1, 0.15) is 245 Å². The van der Waals surface area contributed by atoms with E-state index < -0.39 is 6.10 Å². The molecule has 0 aliphatic heterocycles. The summed E-state index contributed by atoms with van der Waals surface area (Å²) in [6.07, 6.45) is 63.1. The van der Waals surface area contributed by atoms with E-state index >= 15 is 0 Å². The van der Waals surface area contributed by atoms with Crippen LogP contribution in [0.25, 0.3) is 0 Å². The molecule has 0 aromatic heterocycles. The molecule has 0 rings (SSSR count). The molecule has 1 atom stereocenters. The summed E-state index contributed by atoms with van der Waals surface area (Å²) >= 11 is 0. The van der Waals surface area contributed by atoms with E-state index in [1.165, 1.54) is 109 Å². The van der Waals surface area contributed by atoms with Crippen LogP contribution in [0, 0.1) is 0 Å². The van der Waals surface area contributed by atoms with Gasteiger partial charge >= 0.3 is 17.9 Å². The monoisotopic (exact) mass is 865 g/mol. The first-order chi connectivity index (χ1) is 30.5. The largest absolute Gasteiger partial charge is 0.462 e. The number of esters is 3. The zero-order chi connectivity index (χ0) is 45.1. The molecule has 1 unspecified atom stereocenters. The van der Waals surface area contributed by atoms with Crippen molar-refractivity contribution in [3.8, 4) is 0 Å². The lowest BCUT2D eigenvalue weighted by molar-refractivity contribution is -0.167. The summed E-state index contributed by atoms with van der Waals surface area (Å²) in [6, 6.07) is 0. The Morgan fingerprint density at radius 3 is 1.15 bits per heavy atom. The highest BCUT2D eigenvalue weighted by atomic mass is 16.6. The number of ether oxygens (including phenoxy) is 3. The van der Waals surface area contributed by atoms with E-state index in [1.807, 2.05) is 0 Å². The Balaban J connectivity index is 4.37. The predicted molar refractivity (Wildman–Crippen MR) is 265 cm³/mol. The second kappa shape index (κ2) is 50.5. The Morgan fingerprint density at radius 1 is 0.355 bits per heavy atom. The van der Waals surface area contributed by atoms with Crippen LogP contribution in [0.2, 0.25) is 0 Å². The molecule has 0 saturated carbocycles. The minimum Gasteiger partial charge on any atom is -0.462 e. The van der Waals surface area contributed by atoms with Gasteiger partial charge in [-0.2, -0.15) is 0 Å². The van der Waals surface area contributed by atoms with Gasteiger partial charge in [0.1, 0.15) is 13.2 Å². The number of unbranched alkanes of at least 4 members (excludes halogenated alkanes) is 24. The Kier molecular flexibility index (Phi) is 47.9. The molecular weight excluding hydrogens is 769 g/mol. The lowest BCUT2D eigenvalue weighted by Gasteiger charge is -2.18. The second-order valence-electron chi connectivity index (χ2n) is 17.1. The van der Waals surface area contributed by atoms with Crippen LogP contribution in [0.3, 0.4) is 0 Å². The molecule has 0 aromatic carbocycles. The van der Waals surface area contributed by atoms with Gasteiger partial charge in [0.2, 0.25) is 0 Å². The van der Waals surface area contributed by atoms with Gasteiger partial charge in [0, 0.05) is 19.3 Å². The summed E-state index contributed by atoms with van der Waals surface area (Å²) in [5.41, 5.74) is 0. The van der Waals surface area contributed by atoms with Crippen LogP contribution in [0.15, 0.2) is 72.9 Å². The van der Waals surface area contributed by atoms with Crippen LogP contribution in [-0.4, -0.2) is 37.2 Å². The van der Waals surface area contributed by atoms with Crippen LogP contribution < -0.4 is 0 Å². The van der Waals surface area contributed by atoms with E-state index in [4.69, 9.17) is 14.2 Å². The van der Waals surface area contributed by atoms with Crippen molar-refractivity contribution in [1.82, 2.24) is 0 Å². The van der Waals surface area contributed by atoms with E-state index in [9.17, 15) is 14.4 Å². The maximum absolute atomic E-state index is 12.8. The van der Waals surface area contributed by atoms with Gasteiger partial charge in [-0.25, -0.2) is 0 Å². The molecule has 0 amide bonds. The Bertz CT molecular complexity index is 1180. The highest BCUT2D eigenvalue weighted by Gasteiger charge is 2.19. The molecule has 0 aromatic rings. The predicted octanol–water partition coefficient (Wildman–Crippen LogP) is 17.0. The van der Waals surface area contributed by atoms with Crippen molar-refractivity contribution >= 4 is 17.9 Å². The number of allylic oxidation sites excluding steroid dienone is 12. The molecule has 0 aliphatic rings. The molecule has 0 saturated heterocycles. The molecule has 0 radical (unpaired) electrons. The van der Waals surface area contributed by atoms with Crippen LogP contribution >= 0.6 is 0 Å². The molecule has 6 heteroatoms. The quantitative estimate of drug-likeness (QED) is 0.0199. The third kappa shape index (κ3) is 47.9. The number of carbonyl (C=O) groups excluding carboxylic acids is 3. The lowest BCUT2D eigenvalue weighted by atomic mass is 10.1. The van der Waals surface area contributed by atoms with E-state index in [2.05, 4.69) is 93.7 Å². The molecule has 0 N–H and O–H groups in total. The summed E-state index contributed by atoms with van der Waals surface area (Å²) in [6.45, 7) is 6.43. The van der Waals surface area contributed by atoms with Gasteiger partial charge in [0.05, 0.1) is 0 Å². The standard InChI is InChI=1S/C56H96O6/c1-4-7-10-13-16-19-22-24-26-27-28-29-30-32-34-37-40-43-46-49-55(58)61-52-53(51-60-54(57)48-45-42-39-36-33-21-18-15-12-9-6-3)62-56(59)50-47-44-41-38-35-31-25-23-20-17-14-11-8-5-2/h8,11,15-20,22,24-25,31,53H,4-7,9-10,12-14,21,23,26-30,32-52H2,1-3H3/b11-8-,18-15-,19-16-,20-17-,24-22-,31-25-.